The molecule has 1 N–H and O–H groups in total. The van der Waals surface area contributed by atoms with Crippen molar-refractivity contribution in [1.82, 2.24) is 14.9 Å². The summed E-state index contributed by atoms with van der Waals surface area (Å²) in [6.07, 6.45) is 0. The minimum absolute atomic E-state index is 0.0753. The number of nitrogens with zero attached hydrogens (tertiary/aromatic N) is 2. The Labute approximate surface area is 131 Å². The molecule has 0 aliphatic rings. The summed E-state index contributed by atoms with van der Waals surface area (Å²) in [7, 11) is 1.60. The summed E-state index contributed by atoms with van der Waals surface area (Å²) in [5.74, 6) is -0.473. The van der Waals surface area contributed by atoms with Crippen molar-refractivity contribution in [2.24, 2.45) is 7.05 Å². The molecule has 2 aromatic carbocycles. The van der Waals surface area contributed by atoms with Crippen LogP contribution in [0.5, 0.6) is 0 Å². The molecule has 6 heteroatoms. The molecule has 23 heavy (non-hydrogen) atoms. The first-order valence-corrected chi connectivity index (χ1v) is 7.04. The molecule has 0 radical (unpaired) electrons. The van der Waals surface area contributed by atoms with Gasteiger partial charge in [-0.25, -0.2) is 9.37 Å². The van der Waals surface area contributed by atoms with Gasteiger partial charge in [0.25, 0.3) is 11.5 Å². The Morgan fingerprint density at radius 3 is 2.78 bits per heavy atom. The van der Waals surface area contributed by atoms with Crippen LogP contribution in [0.2, 0.25) is 0 Å². The lowest BCUT2D eigenvalue weighted by Gasteiger charge is -2.10. The van der Waals surface area contributed by atoms with E-state index in [9.17, 15) is 14.0 Å². The number of aromatic nitrogens is 2. The monoisotopic (exact) mass is 311 g/mol. The molecule has 0 aliphatic heterocycles. The van der Waals surface area contributed by atoms with Gasteiger partial charge in [0.05, 0.1) is 17.4 Å². The molecule has 0 bridgehead atoms. The van der Waals surface area contributed by atoms with Gasteiger partial charge in [0.2, 0.25) is 0 Å². The number of fused-ring (bicyclic) bond motifs is 1. The fraction of sp³-hybridized carbons (Fsp3) is 0.118. The Morgan fingerprint density at radius 2 is 2.00 bits per heavy atom. The number of hydrogen-bond acceptors (Lipinski definition) is 3. The van der Waals surface area contributed by atoms with Gasteiger partial charge in [-0.05, 0) is 30.3 Å². The van der Waals surface area contributed by atoms with Gasteiger partial charge in [0.15, 0.2) is 0 Å². The standard InChI is InChI=1S/C17H14FN3O2/c1-21-15(20-14-8-3-2-7-13(14)17(21)23)10-19-16(22)11-5-4-6-12(18)9-11/h2-9H,10H2,1H3,(H,19,22). The number of rotatable bonds is 3. The quantitative estimate of drug-likeness (QED) is 0.804. The summed E-state index contributed by atoms with van der Waals surface area (Å²) >= 11 is 0. The van der Waals surface area contributed by atoms with Crippen molar-refractivity contribution in [2.75, 3.05) is 0 Å². The molecule has 0 unspecified atom stereocenters. The van der Waals surface area contributed by atoms with Crippen LogP contribution in [-0.4, -0.2) is 15.5 Å². The van der Waals surface area contributed by atoms with E-state index < -0.39 is 11.7 Å². The Kier molecular flexibility index (Phi) is 3.89. The van der Waals surface area contributed by atoms with Crippen LogP contribution in [0.25, 0.3) is 10.9 Å². The zero-order valence-corrected chi connectivity index (χ0v) is 12.4. The molecule has 1 heterocycles. The first kappa shape index (κ1) is 14.9. The van der Waals surface area contributed by atoms with Crippen LogP contribution in [0.1, 0.15) is 16.2 Å². The van der Waals surface area contributed by atoms with E-state index >= 15 is 0 Å². The maximum absolute atomic E-state index is 13.1. The van der Waals surface area contributed by atoms with Crippen LogP contribution in [0.15, 0.2) is 53.3 Å². The topological polar surface area (TPSA) is 64.0 Å². The van der Waals surface area contributed by atoms with Gasteiger partial charge in [-0.2, -0.15) is 0 Å². The maximum atomic E-state index is 13.1. The molecule has 3 rings (SSSR count). The van der Waals surface area contributed by atoms with Crippen LogP contribution in [0, 0.1) is 5.82 Å². The van der Waals surface area contributed by atoms with Gasteiger partial charge in [-0.3, -0.25) is 14.2 Å². The zero-order chi connectivity index (χ0) is 16.4. The lowest BCUT2D eigenvalue weighted by molar-refractivity contribution is 0.0949. The smallest absolute Gasteiger partial charge is 0.261 e. The van der Waals surface area contributed by atoms with Gasteiger partial charge >= 0.3 is 0 Å². The van der Waals surface area contributed by atoms with E-state index in [0.29, 0.717) is 16.7 Å². The molecule has 0 saturated heterocycles. The molecule has 0 atom stereocenters. The van der Waals surface area contributed by atoms with Gasteiger partial charge in [-0.1, -0.05) is 18.2 Å². The predicted octanol–water partition coefficient (Wildman–Crippen LogP) is 2.00. The molecule has 3 aromatic rings. The van der Waals surface area contributed by atoms with Gasteiger partial charge in [0, 0.05) is 12.6 Å². The molecule has 1 amide bonds. The minimum atomic E-state index is -0.478. The van der Waals surface area contributed by atoms with Crippen molar-refractivity contribution in [3.63, 3.8) is 0 Å². The fourth-order valence-corrected chi connectivity index (χ4v) is 2.31. The average Bonchev–Trinajstić information content (AvgIpc) is 2.56. The van der Waals surface area contributed by atoms with Crippen LogP contribution in [0.4, 0.5) is 4.39 Å². The first-order valence-electron chi connectivity index (χ1n) is 7.04. The molecule has 5 nitrogen and oxygen atoms in total. The number of nitrogens with one attached hydrogen (secondary N) is 1. The summed E-state index contributed by atoms with van der Waals surface area (Å²) in [5, 5.41) is 3.17. The third kappa shape index (κ3) is 2.96. The molecule has 0 spiro atoms. The highest BCUT2D eigenvalue weighted by Gasteiger charge is 2.10. The third-order valence-corrected chi connectivity index (χ3v) is 3.57. The van der Waals surface area contributed by atoms with Crippen molar-refractivity contribution in [3.8, 4) is 0 Å². The molecular weight excluding hydrogens is 297 g/mol. The van der Waals surface area contributed by atoms with Crippen molar-refractivity contribution >= 4 is 16.8 Å². The molecule has 1 aromatic heterocycles. The van der Waals surface area contributed by atoms with Crippen LogP contribution < -0.4 is 10.9 Å². The Bertz CT molecular complexity index is 950. The third-order valence-electron chi connectivity index (χ3n) is 3.57. The van der Waals surface area contributed by atoms with Crippen LogP contribution in [-0.2, 0) is 13.6 Å². The summed E-state index contributed by atoms with van der Waals surface area (Å²) in [6, 6.07) is 12.4. The summed E-state index contributed by atoms with van der Waals surface area (Å²) in [5.41, 5.74) is 0.618. The fourth-order valence-electron chi connectivity index (χ4n) is 2.31. The van der Waals surface area contributed by atoms with Gasteiger partial charge in [-0.15, -0.1) is 0 Å². The van der Waals surface area contributed by atoms with Gasteiger partial charge in [0.1, 0.15) is 11.6 Å². The second-order valence-electron chi connectivity index (χ2n) is 5.10. The number of carbonyl (C=O) groups excluding carboxylic acids is 1. The number of halogens is 1. The molecule has 116 valence electrons. The van der Waals surface area contributed by atoms with Crippen molar-refractivity contribution in [1.29, 1.82) is 0 Å². The highest BCUT2D eigenvalue weighted by molar-refractivity contribution is 5.94. The molecular formula is C17H14FN3O2. The van der Waals surface area contributed by atoms with Crippen LogP contribution in [0.3, 0.4) is 0 Å². The lowest BCUT2D eigenvalue weighted by atomic mass is 10.2. The Hall–Kier alpha value is -3.02. The Balaban J connectivity index is 1.86. The number of carbonyl (C=O) groups is 1. The van der Waals surface area contributed by atoms with Crippen molar-refractivity contribution in [2.45, 2.75) is 6.54 Å². The van der Waals surface area contributed by atoms with E-state index in [-0.39, 0.29) is 17.7 Å². The lowest BCUT2D eigenvalue weighted by Crippen LogP contribution is -2.29. The number of benzene rings is 2. The summed E-state index contributed by atoms with van der Waals surface area (Å²) < 4.78 is 14.5. The highest BCUT2D eigenvalue weighted by atomic mass is 19.1. The average molecular weight is 311 g/mol. The van der Waals surface area contributed by atoms with Crippen molar-refractivity contribution < 1.29 is 9.18 Å². The SMILES string of the molecule is Cn1c(CNC(=O)c2cccc(F)c2)nc2ccccc2c1=O. The van der Waals surface area contributed by atoms with E-state index in [1.807, 2.05) is 0 Å². The minimum Gasteiger partial charge on any atom is -0.345 e. The molecule has 0 fully saturated rings. The molecule has 0 aliphatic carbocycles. The Morgan fingerprint density at radius 1 is 1.22 bits per heavy atom. The second kappa shape index (κ2) is 6.00. The predicted molar refractivity (Wildman–Crippen MR) is 84.6 cm³/mol. The van der Waals surface area contributed by atoms with E-state index in [1.165, 1.54) is 22.8 Å². The van der Waals surface area contributed by atoms with E-state index in [0.717, 1.165) is 6.07 Å². The second-order valence-corrected chi connectivity index (χ2v) is 5.10. The number of para-hydroxylation sites is 1. The summed E-state index contributed by atoms with van der Waals surface area (Å²) in [6.45, 7) is 0.0753. The van der Waals surface area contributed by atoms with E-state index in [2.05, 4.69) is 10.3 Å². The van der Waals surface area contributed by atoms with Crippen molar-refractivity contribution in [3.05, 3.63) is 76.1 Å². The largest absolute Gasteiger partial charge is 0.345 e. The maximum Gasteiger partial charge on any atom is 0.261 e. The van der Waals surface area contributed by atoms with Gasteiger partial charge < -0.3 is 5.32 Å². The normalized spacial score (nSPS) is 10.7. The molecule has 0 saturated carbocycles. The van der Waals surface area contributed by atoms with E-state index in [4.69, 9.17) is 0 Å². The van der Waals surface area contributed by atoms with Crippen LogP contribution >= 0.6 is 0 Å². The zero-order valence-electron chi connectivity index (χ0n) is 12.4. The highest BCUT2D eigenvalue weighted by Crippen LogP contribution is 2.08. The summed E-state index contributed by atoms with van der Waals surface area (Å²) in [4.78, 5) is 28.7. The van der Waals surface area contributed by atoms with E-state index in [1.54, 1.807) is 31.3 Å². The first-order chi connectivity index (χ1) is 11.1. The number of hydrogen-bond donors (Lipinski definition) is 1. The number of amides is 1.